The van der Waals surface area contributed by atoms with Crippen molar-refractivity contribution in [3.63, 3.8) is 0 Å². The van der Waals surface area contributed by atoms with Gasteiger partial charge in [0.15, 0.2) is 17.5 Å². The van der Waals surface area contributed by atoms with Crippen molar-refractivity contribution in [2.45, 2.75) is 0 Å². The lowest BCUT2D eigenvalue weighted by Crippen LogP contribution is -2.02. The van der Waals surface area contributed by atoms with Crippen molar-refractivity contribution in [1.82, 2.24) is 29.1 Å². The van der Waals surface area contributed by atoms with Gasteiger partial charge >= 0.3 is 0 Å². The zero-order chi connectivity index (χ0) is 49.8. The summed E-state index contributed by atoms with van der Waals surface area (Å²) in [5, 5.41) is 9.83. The third kappa shape index (κ3) is 6.64. The molecule has 0 spiro atoms. The van der Waals surface area contributed by atoms with E-state index in [1.165, 1.54) is 84.0 Å². The Morgan fingerprint density at radius 1 is 0.303 bits per heavy atom. The van der Waals surface area contributed by atoms with E-state index in [9.17, 15) is 0 Å². The van der Waals surface area contributed by atoms with Crippen LogP contribution in [0.5, 0.6) is 0 Å². The monoisotopic (exact) mass is 1000 g/mol. The van der Waals surface area contributed by atoms with E-state index in [0.717, 1.165) is 50.4 Å². The van der Waals surface area contributed by atoms with Crippen molar-refractivity contribution < 1.29 is 0 Å². The second-order valence-electron chi connectivity index (χ2n) is 19.3. The molecule has 0 saturated carbocycles. The Labute approximate surface area is 443 Å². The van der Waals surface area contributed by atoms with Crippen LogP contribution in [-0.2, 0) is 0 Å². The number of hydrogen-bond acceptors (Lipinski definition) is 6. The number of nitrogens with zero attached hydrogens (tertiary/aromatic N) is 6. The molecule has 6 nitrogen and oxygen atoms in total. The normalized spacial score (nSPS) is 11.9. The molecule has 6 heterocycles. The molecule has 0 aliphatic rings. The van der Waals surface area contributed by atoms with Crippen molar-refractivity contribution >= 4 is 107 Å². The third-order valence-corrected chi connectivity index (χ3v) is 17.4. The van der Waals surface area contributed by atoms with Crippen LogP contribution >= 0.6 is 22.7 Å². The largest absolute Gasteiger partial charge is 0.308 e. The standard InChI is InChI=1S/C68H40N6S2/c1-5-17-41(18-6-1)66-70-67(42-19-7-2-8-20-42)72-68(71-66)56-39-45(43-29-35-59-54(37-43)52-33-31-50-48-25-13-15-27-57(48)73(62(50)64(52)75-59)46-21-9-3-10-22-46)40-69-61(56)44-30-36-60-55(38-44)53-34-32-51-49-26-14-16-28-58(49)74(63(51)65(53)76-60)47-23-11-4-12-24-47/h1-40H. The Hall–Kier alpha value is -9.60. The first-order chi connectivity index (χ1) is 37.7. The Morgan fingerprint density at radius 3 is 1.26 bits per heavy atom. The summed E-state index contributed by atoms with van der Waals surface area (Å²) in [4.78, 5) is 21.2. The molecule has 6 aromatic heterocycles. The minimum Gasteiger partial charge on any atom is -0.308 e. The highest BCUT2D eigenvalue weighted by atomic mass is 32.1. The number of aromatic nitrogens is 6. The van der Waals surface area contributed by atoms with E-state index in [-0.39, 0.29) is 0 Å². The Morgan fingerprint density at radius 2 is 0.737 bits per heavy atom. The van der Waals surface area contributed by atoms with E-state index in [4.69, 9.17) is 19.9 Å². The Kier molecular flexibility index (Phi) is 9.57. The predicted octanol–water partition coefficient (Wildman–Crippen LogP) is 18.5. The SMILES string of the molecule is c1ccc(-c2nc(-c3ccccc3)nc(-c3cc(-c4ccc5sc6c(ccc7c8ccccc8n(-c8ccccc8)c76)c5c4)cnc3-c3ccc4sc5c(ccc6c7ccccc7n(-c7ccccc7)c65)c4c3)n2)cc1. The summed E-state index contributed by atoms with van der Waals surface area (Å²) < 4.78 is 9.83. The number of thiophene rings is 2. The number of benzene rings is 10. The van der Waals surface area contributed by atoms with E-state index in [1.807, 2.05) is 65.3 Å². The highest BCUT2D eigenvalue weighted by Gasteiger charge is 2.23. The molecule has 0 aliphatic heterocycles. The summed E-state index contributed by atoms with van der Waals surface area (Å²) >= 11 is 3.70. The molecule has 0 radical (unpaired) electrons. The third-order valence-electron chi connectivity index (χ3n) is 15.0. The molecule has 354 valence electrons. The molecule has 0 saturated heterocycles. The average molecular weight is 1010 g/mol. The molecule has 0 unspecified atom stereocenters. The van der Waals surface area contributed by atoms with Crippen LogP contribution < -0.4 is 0 Å². The molecule has 0 fully saturated rings. The zero-order valence-electron chi connectivity index (χ0n) is 40.6. The highest BCUT2D eigenvalue weighted by molar-refractivity contribution is 7.27. The van der Waals surface area contributed by atoms with Crippen molar-refractivity contribution in [1.29, 1.82) is 0 Å². The summed E-state index contributed by atoms with van der Waals surface area (Å²) in [6.07, 6.45) is 2.02. The fourth-order valence-electron chi connectivity index (χ4n) is 11.5. The molecular weight excluding hydrogens is 965 g/mol. The molecule has 0 amide bonds. The second-order valence-corrected chi connectivity index (χ2v) is 21.4. The number of hydrogen-bond donors (Lipinski definition) is 0. The van der Waals surface area contributed by atoms with E-state index >= 15 is 0 Å². The van der Waals surface area contributed by atoms with Crippen LogP contribution in [0, 0.1) is 0 Å². The summed E-state index contributed by atoms with van der Waals surface area (Å²) in [6, 6.07) is 84.4. The molecular formula is C68H40N6S2. The quantitative estimate of drug-likeness (QED) is 0.160. The molecule has 8 heteroatoms. The van der Waals surface area contributed by atoms with Crippen molar-refractivity contribution in [3.8, 4) is 67.9 Å². The first kappa shape index (κ1) is 42.9. The van der Waals surface area contributed by atoms with Gasteiger partial charge < -0.3 is 9.13 Å². The maximum atomic E-state index is 5.45. The molecule has 0 N–H and O–H groups in total. The second kappa shape index (κ2) is 17.0. The minimum atomic E-state index is 0.555. The van der Waals surface area contributed by atoms with Crippen LogP contribution in [0.15, 0.2) is 243 Å². The maximum absolute atomic E-state index is 5.45. The van der Waals surface area contributed by atoms with Gasteiger partial charge in [-0.25, -0.2) is 15.0 Å². The maximum Gasteiger partial charge on any atom is 0.166 e. The number of para-hydroxylation sites is 4. The van der Waals surface area contributed by atoms with Gasteiger partial charge in [0.05, 0.1) is 37.2 Å². The van der Waals surface area contributed by atoms with Crippen LogP contribution in [-0.4, -0.2) is 29.1 Å². The molecule has 0 aliphatic carbocycles. The lowest BCUT2D eigenvalue weighted by Gasteiger charge is -2.13. The highest BCUT2D eigenvalue weighted by Crippen LogP contribution is 2.47. The average Bonchev–Trinajstić information content (AvgIpc) is 4.45. The first-order valence-electron chi connectivity index (χ1n) is 25.4. The van der Waals surface area contributed by atoms with Gasteiger partial charge in [-0.15, -0.1) is 22.7 Å². The van der Waals surface area contributed by atoms with E-state index in [2.05, 4.69) is 209 Å². The van der Waals surface area contributed by atoms with Gasteiger partial charge in [0.2, 0.25) is 0 Å². The number of pyridine rings is 1. The van der Waals surface area contributed by atoms with Crippen LogP contribution in [0.3, 0.4) is 0 Å². The lowest BCUT2D eigenvalue weighted by atomic mass is 9.98. The van der Waals surface area contributed by atoms with Gasteiger partial charge in [0.25, 0.3) is 0 Å². The van der Waals surface area contributed by atoms with Crippen LogP contribution in [0.4, 0.5) is 0 Å². The minimum absolute atomic E-state index is 0.555. The van der Waals surface area contributed by atoms with Crippen LogP contribution in [0.1, 0.15) is 0 Å². The Bertz CT molecular complexity index is 4920. The summed E-state index contributed by atoms with van der Waals surface area (Å²) in [5.41, 5.74) is 13.6. The summed E-state index contributed by atoms with van der Waals surface area (Å²) in [7, 11) is 0. The van der Waals surface area contributed by atoms with E-state index < -0.39 is 0 Å². The smallest absolute Gasteiger partial charge is 0.166 e. The topological polar surface area (TPSA) is 61.4 Å². The molecule has 10 aromatic carbocycles. The fraction of sp³-hybridized carbons (Fsp3) is 0. The van der Waals surface area contributed by atoms with E-state index in [1.54, 1.807) is 0 Å². The summed E-state index contributed by atoms with van der Waals surface area (Å²) in [5.74, 6) is 1.76. The zero-order valence-corrected chi connectivity index (χ0v) is 42.2. The Balaban J connectivity index is 0.912. The van der Waals surface area contributed by atoms with E-state index in [0.29, 0.717) is 17.5 Å². The van der Waals surface area contributed by atoms with Gasteiger partial charge in [-0.2, -0.15) is 0 Å². The number of rotatable bonds is 7. The van der Waals surface area contributed by atoms with Crippen LogP contribution in [0.2, 0.25) is 0 Å². The van der Waals surface area contributed by atoms with Crippen molar-refractivity contribution in [2.75, 3.05) is 0 Å². The first-order valence-corrected chi connectivity index (χ1v) is 27.1. The number of fused-ring (bicyclic) bond motifs is 14. The van der Waals surface area contributed by atoms with Gasteiger partial charge in [-0.05, 0) is 72.3 Å². The van der Waals surface area contributed by atoms with Crippen molar-refractivity contribution in [3.05, 3.63) is 243 Å². The molecule has 0 bridgehead atoms. The molecule has 0 atom stereocenters. The van der Waals surface area contributed by atoms with Gasteiger partial charge in [-0.1, -0.05) is 170 Å². The summed E-state index contributed by atoms with van der Waals surface area (Å²) in [6.45, 7) is 0. The molecule has 16 rings (SSSR count). The predicted molar refractivity (Wildman–Crippen MR) is 319 cm³/mol. The van der Waals surface area contributed by atoms with Crippen molar-refractivity contribution in [2.24, 2.45) is 0 Å². The molecule has 76 heavy (non-hydrogen) atoms. The van der Waals surface area contributed by atoms with Gasteiger partial charge in [0.1, 0.15) is 0 Å². The van der Waals surface area contributed by atoms with Gasteiger partial charge in [0, 0.05) is 97.9 Å². The molecule has 16 aromatic rings. The fourth-order valence-corrected chi connectivity index (χ4v) is 14.0. The lowest BCUT2D eigenvalue weighted by molar-refractivity contribution is 1.07. The van der Waals surface area contributed by atoms with Gasteiger partial charge in [-0.3, -0.25) is 4.98 Å². The van der Waals surface area contributed by atoms with Crippen LogP contribution in [0.25, 0.3) is 152 Å².